The van der Waals surface area contributed by atoms with Crippen LogP contribution < -0.4 is 10.6 Å². The number of nitrogens with zero attached hydrogens (tertiary/aromatic N) is 2. The van der Waals surface area contributed by atoms with Crippen LogP contribution in [-0.2, 0) is 11.0 Å². The highest BCUT2D eigenvalue weighted by Crippen LogP contribution is 2.35. The maximum absolute atomic E-state index is 13.4. The van der Waals surface area contributed by atoms with Gasteiger partial charge in [-0.1, -0.05) is 11.6 Å². The molecule has 10 heteroatoms. The molecular formula is C23H24ClF3N4OS. The van der Waals surface area contributed by atoms with Gasteiger partial charge in [0.25, 0.3) is 0 Å². The number of anilines is 1. The van der Waals surface area contributed by atoms with E-state index in [1.807, 2.05) is 19.2 Å². The van der Waals surface area contributed by atoms with Gasteiger partial charge in [0.15, 0.2) is 0 Å². The van der Waals surface area contributed by atoms with E-state index in [4.69, 9.17) is 11.6 Å². The Labute approximate surface area is 198 Å². The first kappa shape index (κ1) is 23.8. The van der Waals surface area contributed by atoms with E-state index in [0.717, 1.165) is 42.5 Å². The smallest absolute Gasteiger partial charge is 0.382 e. The minimum absolute atomic E-state index is 0.0112. The number of fused-ring (bicyclic) bond motifs is 1. The third-order valence-electron chi connectivity index (χ3n) is 5.89. The number of amides is 1. The number of pyridine rings is 1. The van der Waals surface area contributed by atoms with Gasteiger partial charge >= 0.3 is 6.18 Å². The first-order valence-electron chi connectivity index (χ1n) is 10.8. The predicted octanol–water partition coefficient (Wildman–Crippen LogP) is 6.31. The molecule has 2 N–H and O–H groups in total. The number of halogens is 4. The summed E-state index contributed by atoms with van der Waals surface area (Å²) in [5.41, 5.74) is 0.575. The molecule has 1 unspecified atom stereocenters. The second kappa shape index (κ2) is 9.46. The molecule has 3 aromatic rings. The molecule has 4 rings (SSSR count). The molecule has 1 atom stereocenters. The summed E-state index contributed by atoms with van der Waals surface area (Å²) in [6.45, 7) is 3.75. The van der Waals surface area contributed by atoms with E-state index >= 15 is 0 Å². The number of carbonyl (C=O) groups excluding carboxylic acids is 1. The van der Waals surface area contributed by atoms with Gasteiger partial charge < -0.3 is 10.6 Å². The highest BCUT2D eigenvalue weighted by molar-refractivity contribution is 7.09. The van der Waals surface area contributed by atoms with Crippen LogP contribution in [0.15, 0.2) is 29.6 Å². The number of aryl methyl sites for hydroxylation is 1. The molecule has 2 aromatic heterocycles. The van der Waals surface area contributed by atoms with Gasteiger partial charge in [-0.25, -0.2) is 9.97 Å². The quantitative estimate of drug-likeness (QED) is 0.434. The molecule has 1 aliphatic carbocycles. The molecule has 0 bridgehead atoms. The number of thiazole rings is 1. The van der Waals surface area contributed by atoms with Crippen molar-refractivity contribution in [3.8, 4) is 0 Å². The molecule has 1 saturated carbocycles. The zero-order valence-corrected chi connectivity index (χ0v) is 19.7. The largest absolute Gasteiger partial charge is 0.433 e. The Morgan fingerprint density at radius 1 is 1.15 bits per heavy atom. The van der Waals surface area contributed by atoms with Crippen molar-refractivity contribution in [1.29, 1.82) is 0 Å². The van der Waals surface area contributed by atoms with Gasteiger partial charge in [0.2, 0.25) is 5.91 Å². The molecule has 1 aliphatic rings. The summed E-state index contributed by atoms with van der Waals surface area (Å²) in [5, 5.41) is 10.1. The van der Waals surface area contributed by atoms with Gasteiger partial charge in [-0.3, -0.25) is 4.79 Å². The zero-order valence-electron chi connectivity index (χ0n) is 18.2. The van der Waals surface area contributed by atoms with Crippen molar-refractivity contribution in [3.05, 3.63) is 51.1 Å². The fraction of sp³-hybridized carbons (Fsp3) is 0.435. The standard InChI is InChI=1S/C23H24ClF3N4OS/c1-12-11-33-22(28-12)13(2)21(32)30-16-6-4-15(5-7-16)29-19-10-20(23(25,26)27)31-18-8-3-14(24)9-17(18)19/h3,8-11,13,15-16H,4-7H2,1-2H3,(H,29,31)(H,30,32). The lowest BCUT2D eigenvalue weighted by molar-refractivity contribution is -0.140. The molecule has 1 amide bonds. The lowest BCUT2D eigenvalue weighted by atomic mass is 9.90. The number of nitrogens with one attached hydrogen (secondary N) is 2. The van der Waals surface area contributed by atoms with Gasteiger partial charge in [0.1, 0.15) is 10.7 Å². The Kier molecular flexibility index (Phi) is 6.81. The lowest BCUT2D eigenvalue weighted by Gasteiger charge is -2.31. The Hall–Kier alpha value is -2.39. The van der Waals surface area contributed by atoms with Gasteiger partial charge in [0.05, 0.1) is 11.4 Å². The average molecular weight is 497 g/mol. The van der Waals surface area contributed by atoms with Crippen LogP contribution in [0.2, 0.25) is 5.02 Å². The lowest BCUT2D eigenvalue weighted by Crippen LogP contribution is -2.41. The third kappa shape index (κ3) is 5.58. The fourth-order valence-corrected chi connectivity index (χ4v) is 5.10. The third-order valence-corrected chi connectivity index (χ3v) is 7.28. The van der Waals surface area contributed by atoms with Crippen molar-refractivity contribution in [1.82, 2.24) is 15.3 Å². The van der Waals surface area contributed by atoms with Crippen molar-refractivity contribution in [2.24, 2.45) is 0 Å². The number of alkyl halides is 3. The molecule has 2 heterocycles. The van der Waals surface area contributed by atoms with Gasteiger partial charge in [-0.15, -0.1) is 11.3 Å². The van der Waals surface area contributed by atoms with Crippen LogP contribution in [0.3, 0.4) is 0 Å². The summed E-state index contributed by atoms with van der Waals surface area (Å²) in [5.74, 6) is -0.362. The van der Waals surface area contributed by atoms with Crippen LogP contribution >= 0.6 is 22.9 Å². The Morgan fingerprint density at radius 2 is 1.85 bits per heavy atom. The highest BCUT2D eigenvalue weighted by atomic mass is 35.5. The van der Waals surface area contributed by atoms with Gasteiger partial charge in [-0.05, 0) is 63.8 Å². The molecule has 0 spiro atoms. The summed E-state index contributed by atoms with van der Waals surface area (Å²) in [6, 6.07) is 5.72. The molecule has 176 valence electrons. The van der Waals surface area contributed by atoms with E-state index in [2.05, 4.69) is 20.6 Å². The van der Waals surface area contributed by atoms with Crippen LogP contribution in [-0.4, -0.2) is 28.0 Å². The molecular weight excluding hydrogens is 473 g/mol. The van der Waals surface area contributed by atoms with Crippen LogP contribution in [0.1, 0.15) is 54.9 Å². The molecule has 0 aliphatic heterocycles. The van der Waals surface area contributed by atoms with Crippen molar-refractivity contribution in [2.45, 2.75) is 63.7 Å². The number of benzene rings is 1. The summed E-state index contributed by atoms with van der Waals surface area (Å²) >= 11 is 7.56. The molecule has 5 nitrogen and oxygen atoms in total. The van der Waals surface area contributed by atoms with Gasteiger partial charge in [0, 0.05) is 39.3 Å². The number of rotatable bonds is 5. The zero-order chi connectivity index (χ0) is 23.8. The first-order valence-corrected chi connectivity index (χ1v) is 12.0. The molecule has 0 saturated heterocycles. The number of hydrogen-bond acceptors (Lipinski definition) is 5. The molecule has 33 heavy (non-hydrogen) atoms. The van der Waals surface area contributed by atoms with Gasteiger partial charge in [-0.2, -0.15) is 13.2 Å². The summed E-state index contributed by atoms with van der Waals surface area (Å²) in [7, 11) is 0. The summed E-state index contributed by atoms with van der Waals surface area (Å²) in [4.78, 5) is 20.8. The second-order valence-electron chi connectivity index (χ2n) is 8.46. The Bertz CT molecular complexity index is 1160. The normalized spacial score (nSPS) is 19.9. The SMILES string of the molecule is Cc1csc(C(C)C(=O)NC2CCC(Nc3cc(C(F)(F)F)nc4ccc(Cl)cc34)CC2)n1. The van der Waals surface area contributed by atoms with Crippen molar-refractivity contribution in [3.63, 3.8) is 0 Å². The number of aromatic nitrogens is 2. The minimum Gasteiger partial charge on any atom is -0.382 e. The predicted molar refractivity (Wildman–Crippen MR) is 125 cm³/mol. The second-order valence-corrected chi connectivity index (χ2v) is 9.79. The topological polar surface area (TPSA) is 66.9 Å². The van der Waals surface area contributed by atoms with E-state index in [1.54, 1.807) is 6.07 Å². The highest BCUT2D eigenvalue weighted by Gasteiger charge is 2.34. The van der Waals surface area contributed by atoms with Crippen molar-refractivity contribution < 1.29 is 18.0 Å². The number of hydrogen-bond donors (Lipinski definition) is 2. The van der Waals surface area contributed by atoms with Crippen LogP contribution in [0.25, 0.3) is 10.9 Å². The molecule has 1 aromatic carbocycles. The van der Waals surface area contributed by atoms with E-state index in [0.29, 0.717) is 16.1 Å². The van der Waals surface area contributed by atoms with E-state index < -0.39 is 11.9 Å². The van der Waals surface area contributed by atoms with E-state index in [-0.39, 0.29) is 29.4 Å². The first-order chi connectivity index (χ1) is 15.6. The van der Waals surface area contributed by atoms with Crippen LogP contribution in [0, 0.1) is 6.92 Å². The minimum atomic E-state index is -4.54. The fourth-order valence-electron chi connectivity index (χ4n) is 4.07. The maximum Gasteiger partial charge on any atom is 0.433 e. The van der Waals surface area contributed by atoms with E-state index in [9.17, 15) is 18.0 Å². The van der Waals surface area contributed by atoms with E-state index in [1.165, 1.54) is 23.5 Å². The molecule has 0 radical (unpaired) electrons. The monoisotopic (exact) mass is 496 g/mol. The van der Waals surface area contributed by atoms with Crippen LogP contribution in [0.5, 0.6) is 0 Å². The van der Waals surface area contributed by atoms with Crippen LogP contribution in [0.4, 0.5) is 18.9 Å². The summed E-state index contributed by atoms with van der Waals surface area (Å²) in [6.07, 6.45) is -1.62. The Balaban J connectivity index is 1.41. The maximum atomic E-state index is 13.4. The Morgan fingerprint density at radius 3 is 2.48 bits per heavy atom. The average Bonchev–Trinajstić information content (AvgIpc) is 3.20. The molecule has 1 fully saturated rings. The summed E-state index contributed by atoms with van der Waals surface area (Å²) < 4.78 is 40.1. The number of carbonyl (C=O) groups is 1. The van der Waals surface area contributed by atoms with Crippen molar-refractivity contribution in [2.75, 3.05) is 5.32 Å². The van der Waals surface area contributed by atoms with Crippen molar-refractivity contribution >= 4 is 45.4 Å².